The molecule has 0 saturated carbocycles. The summed E-state index contributed by atoms with van der Waals surface area (Å²) >= 11 is 6.08. The fraction of sp³-hybridized carbons (Fsp3) is 0.476. The van der Waals surface area contributed by atoms with Crippen molar-refractivity contribution in [2.24, 2.45) is 0 Å². The Balaban J connectivity index is 1.63. The highest BCUT2D eigenvalue weighted by atomic mass is 35.5. The number of likely N-dealkylation sites (tertiary alicyclic amines) is 1. The Morgan fingerprint density at radius 1 is 1.26 bits per heavy atom. The third-order valence-electron chi connectivity index (χ3n) is 5.30. The van der Waals surface area contributed by atoms with E-state index in [1.807, 2.05) is 17.0 Å². The lowest BCUT2D eigenvalue weighted by atomic mass is 10.1. The van der Waals surface area contributed by atoms with Gasteiger partial charge >= 0.3 is 0 Å². The second-order valence-electron chi connectivity index (χ2n) is 7.33. The van der Waals surface area contributed by atoms with Crippen LogP contribution >= 0.6 is 11.6 Å². The molecule has 1 aromatic carbocycles. The van der Waals surface area contributed by atoms with E-state index in [0.717, 1.165) is 49.5 Å². The molecule has 0 radical (unpaired) electrons. The van der Waals surface area contributed by atoms with Crippen molar-refractivity contribution in [1.82, 2.24) is 19.8 Å². The van der Waals surface area contributed by atoms with Crippen LogP contribution in [0.15, 0.2) is 36.9 Å². The number of hydrogen-bond donors (Lipinski definition) is 0. The summed E-state index contributed by atoms with van der Waals surface area (Å²) in [5.41, 5.74) is 3.53. The van der Waals surface area contributed by atoms with Gasteiger partial charge in [0, 0.05) is 55.6 Å². The summed E-state index contributed by atoms with van der Waals surface area (Å²) in [4.78, 5) is 24.9. The number of carbonyl (C=O) groups excluding carboxylic acids is 1. The van der Waals surface area contributed by atoms with Crippen molar-refractivity contribution in [2.45, 2.75) is 52.2 Å². The van der Waals surface area contributed by atoms with Crippen LogP contribution in [-0.4, -0.2) is 44.8 Å². The predicted octanol–water partition coefficient (Wildman–Crippen LogP) is 3.84. The van der Waals surface area contributed by atoms with E-state index in [2.05, 4.69) is 27.9 Å². The summed E-state index contributed by atoms with van der Waals surface area (Å²) in [6.45, 7) is 7.32. The lowest BCUT2D eigenvalue weighted by Gasteiger charge is -2.30. The number of hydrogen-bond acceptors (Lipinski definition) is 4. The predicted molar refractivity (Wildman–Crippen MR) is 107 cm³/mol. The number of nitrogens with zero attached hydrogens (tertiary/aromatic N) is 4. The van der Waals surface area contributed by atoms with Gasteiger partial charge in [0.1, 0.15) is 6.33 Å². The fourth-order valence-electron chi connectivity index (χ4n) is 3.79. The normalized spacial score (nSPS) is 18.1. The van der Waals surface area contributed by atoms with Gasteiger partial charge in [0.2, 0.25) is 5.91 Å². The van der Waals surface area contributed by atoms with Gasteiger partial charge in [-0.1, -0.05) is 17.7 Å². The van der Waals surface area contributed by atoms with Crippen LogP contribution in [0.4, 0.5) is 0 Å². The van der Waals surface area contributed by atoms with E-state index in [-0.39, 0.29) is 11.9 Å². The van der Waals surface area contributed by atoms with Crippen molar-refractivity contribution in [1.29, 1.82) is 0 Å². The van der Waals surface area contributed by atoms with Crippen LogP contribution in [-0.2, 0) is 17.9 Å². The van der Waals surface area contributed by atoms with E-state index in [0.29, 0.717) is 6.54 Å². The molecule has 1 fully saturated rings. The molecule has 2 heterocycles. The molecule has 1 amide bonds. The van der Waals surface area contributed by atoms with E-state index in [4.69, 9.17) is 11.6 Å². The molecule has 1 aromatic heterocycles. The van der Waals surface area contributed by atoms with E-state index in [1.54, 1.807) is 19.3 Å². The molecule has 144 valence electrons. The van der Waals surface area contributed by atoms with Crippen molar-refractivity contribution in [3.05, 3.63) is 58.6 Å². The Hall–Kier alpha value is -1.98. The minimum Gasteiger partial charge on any atom is -0.335 e. The number of aromatic nitrogens is 2. The van der Waals surface area contributed by atoms with Gasteiger partial charge in [0.25, 0.3) is 0 Å². The Labute approximate surface area is 166 Å². The molecule has 1 unspecified atom stereocenters. The van der Waals surface area contributed by atoms with E-state index in [9.17, 15) is 4.79 Å². The highest BCUT2D eigenvalue weighted by molar-refractivity contribution is 6.30. The first-order valence-corrected chi connectivity index (χ1v) is 9.89. The summed E-state index contributed by atoms with van der Waals surface area (Å²) in [6, 6.07) is 6.37. The van der Waals surface area contributed by atoms with Crippen LogP contribution in [0.1, 0.15) is 42.9 Å². The first-order chi connectivity index (χ1) is 13.0. The molecule has 0 aliphatic carbocycles. The van der Waals surface area contributed by atoms with Crippen molar-refractivity contribution in [3.8, 4) is 0 Å². The maximum atomic E-state index is 12.3. The van der Waals surface area contributed by atoms with Gasteiger partial charge in [-0.15, -0.1) is 0 Å². The van der Waals surface area contributed by atoms with Crippen LogP contribution in [0.5, 0.6) is 0 Å². The third kappa shape index (κ3) is 5.50. The van der Waals surface area contributed by atoms with Gasteiger partial charge in [-0.2, -0.15) is 0 Å². The smallest absolute Gasteiger partial charge is 0.219 e. The molecule has 1 atom stereocenters. The molecule has 1 saturated heterocycles. The zero-order valence-corrected chi connectivity index (χ0v) is 16.8. The van der Waals surface area contributed by atoms with Gasteiger partial charge in [0.05, 0.1) is 0 Å². The monoisotopic (exact) mass is 386 g/mol. The minimum atomic E-state index is 0.117. The SMILES string of the molecule is CC(=O)N(Cc1cncnc1)C1CCCN(Cc2ccc(Cl)cc2C)CC1. The summed E-state index contributed by atoms with van der Waals surface area (Å²) in [6.07, 6.45) is 8.20. The number of benzene rings is 1. The summed E-state index contributed by atoms with van der Waals surface area (Å²) in [5.74, 6) is 0.117. The van der Waals surface area contributed by atoms with Gasteiger partial charge in [0.15, 0.2) is 0 Å². The second-order valence-corrected chi connectivity index (χ2v) is 7.76. The first-order valence-electron chi connectivity index (χ1n) is 9.51. The number of amides is 1. The molecule has 5 nitrogen and oxygen atoms in total. The maximum absolute atomic E-state index is 12.3. The molecule has 1 aliphatic heterocycles. The lowest BCUT2D eigenvalue weighted by Crippen LogP contribution is -2.39. The lowest BCUT2D eigenvalue weighted by molar-refractivity contribution is -0.132. The summed E-state index contributed by atoms with van der Waals surface area (Å²) < 4.78 is 0. The molecule has 0 N–H and O–H groups in total. The Bertz CT molecular complexity index is 768. The molecule has 6 heteroatoms. The number of rotatable bonds is 5. The molecule has 1 aliphatic rings. The average Bonchev–Trinajstić information content (AvgIpc) is 2.88. The minimum absolute atomic E-state index is 0.117. The second kappa shape index (κ2) is 9.29. The fourth-order valence-corrected chi connectivity index (χ4v) is 4.02. The Kier molecular flexibility index (Phi) is 6.80. The molecule has 27 heavy (non-hydrogen) atoms. The van der Waals surface area contributed by atoms with Crippen LogP contribution in [0.3, 0.4) is 0 Å². The van der Waals surface area contributed by atoms with Gasteiger partial charge in [-0.3, -0.25) is 9.69 Å². The zero-order valence-electron chi connectivity index (χ0n) is 16.1. The third-order valence-corrected chi connectivity index (χ3v) is 5.54. The van der Waals surface area contributed by atoms with Crippen LogP contribution in [0, 0.1) is 6.92 Å². The van der Waals surface area contributed by atoms with Crippen LogP contribution < -0.4 is 0 Å². The number of halogens is 1. The molecular formula is C21H27ClN4O. The van der Waals surface area contributed by atoms with Crippen molar-refractivity contribution >= 4 is 17.5 Å². The van der Waals surface area contributed by atoms with Crippen molar-refractivity contribution in [3.63, 3.8) is 0 Å². The Morgan fingerprint density at radius 2 is 2.04 bits per heavy atom. The van der Waals surface area contributed by atoms with Crippen LogP contribution in [0.25, 0.3) is 0 Å². The van der Waals surface area contributed by atoms with E-state index >= 15 is 0 Å². The largest absolute Gasteiger partial charge is 0.335 e. The number of carbonyl (C=O) groups is 1. The topological polar surface area (TPSA) is 49.3 Å². The highest BCUT2D eigenvalue weighted by Crippen LogP contribution is 2.22. The molecule has 0 spiro atoms. The zero-order chi connectivity index (χ0) is 19.2. The van der Waals surface area contributed by atoms with Crippen molar-refractivity contribution in [2.75, 3.05) is 13.1 Å². The summed E-state index contributed by atoms with van der Waals surface area (Å²) in [5, 5.41) is 0.786. The Morgan fingerprint density at radius 3 is 2.74 bits per heavy atom. The molecule has 2 aromatic rings. The highest BCUT2D eigenvalue weighted by Gasteiger charge is 2.25. The first kappa shape index (κ1) is 19.8. The summed E-state index contributed by atoms with van der Waals surface area (Å²) in [7, 11) is 0. The maximum Gasteiger partial charge on any atom is 0.219 e. The average molecular weight is 387 g/mol. The van der Waals surface area contributed by atoms with E-state index in [1.165, 1.54) is 17.5 Å². The van der Waals surface area contributed by atoms with Crippen LogP contribution in [0.2, 0.25) is 5.02 Å². The van der Waals surface area contributed by atoms with Crippen molar-refractivity contribution < 1.29 is 4.79 Å². The molecule has 0 bridgehead atoms. The molecular weight excluding hydrogens is 360 g/mol. The van der Waals surface area contributed by atoms with E-state index < -0.39 is 0 Å². The number of aryl methyl sites for hydroxylation is 1. The quantitative estimate of drug-likeness (QED) is 0.783. The molecule has 3 rings (SSSR count). The van der Waals surface area contributed by atoms with Gasteiger partial charge in [-0.05, 0) is 56.0 Å². The van der Waals surface area contributed by atoms with Gasteiger partial charge in [-0.25, -0.2) is 9.97 Å². The standard InChI is InChI=1S/C21H27ClN4O/c1-16-10-20(22)6-5-19(16)14-25-8-3-4-21(7-9-25)26(17(2)27)13-18-11-23-15-24-12-18/h5-6,10-12,15,21H,3-4,7-9,13-14H2,1-2H3. The van der Waals surface area contributed by atoms with Gasteiger partial charge < -0.3 is 4.90 Å².